The fraction of sp³-hybridized carbons (Fsp3) is 1.00. The maximum atomic E-state index is 5.58. The minimum absolute atomic E-state index is 0.505. The van der Waals surface area contributed by atoms with Crippen molar-refractivity contribution in [2.75, 3.05) is 39.3 Å². The Morgan fingerprint density at radius 1 is 1.38 bits per heavy atom. The summed E-state index contributed by atoms with van der Waals surface area (Å²) in [6, 6.07) is 1.15. The quantitative estimate of drug-likeness (QED) is 0.640. The Bertz CT molecular complexity index is 158. The van der Waals surface area contributed by atoms with Gasteiger partial charge in [0.25, 0.3) is 0 Å². The highest BCUT2D eigenvalue weighted by atomic mass is 32.2. The molecule has 16 heavy (non-hydrogen) atoms. The van der Waals surface area contributed by atoms with Crippen LogP contribution in [0.15, 0.2) is 0 Å². The van der Waals surface area contributed by atoms with Crippen LogP contribution in [0.1, 0.15) is 26.2 Å². The van der Waals surface area contributed by atoms with E-state index in [4.69, 9.17) is 10.5 Å². The summed E-state index contributed by atoms with van der Waals surface area (Å²) in [6.45, 7) is 3.83. The van der Waals surface area contributed by atoms with E-state index in [2.05, 4.69) is 25.1 Å². The molecular weight excluding hydrogens is 220 g/mol. The van der Waals surface area contributed by atoms with Crippen molar-refractivity contribution < 1.29 is 4.74 Å². The highest BCUT2D eigenvalue weighted by molar-refractivity contribution is 7.98. The molecule has 0 amide bonds. The van der Waals surface area contributed by atoms with Crippen LogP contribution in [0.2, 0.25) is 0 Å². The molecule has 0 heterocycles. The van der Waals surface area contributed by atoms with E-state index in [9.17, 15) is 0 Å². The normalized spacial score (nSPS) is 15.4. The molecule has 98 valence electrons. The Balaban J connectivity index is 4.24. The fourth-order valence-corrected chi connectivity index (χ4v) is 2.82. The summed E-state index contributed by atoms with van der Waals surface area (Å²) in [4.78, 5) is 2.47. The number of rotatable bonds is 10. The lowest BCUT2D eigenvalue weighted by Gasteiger charge is -2.34. The predicted octanol–water partition coefficient (Wildman–Crippen LogP) is 1.81. The highest BCUT2D eigenvalue weighted by Gasteiger charge is 2.20. The molecule has 2 unspecified atom stereocenters. The van der Waals surface area contributed by atoms with Crippen LogP contribution in [-0.4, -0.2) is 56.3 Å². The number of hydrogen-bond donors (Lipinski definition) is 1. The Morgan fingerprint density at radius 2 is 2.06 bits per heavy atom. The number of thioether (sulfide) groups is 1. The second-order valence-corrected chi connectivity index (χ2v) is 5.13. The number of ether oxygens (including phenoxy) is 1. The van der Waals surface area contributed by atoms with E-state index in [0.717, 1.165) is 26.0 Å². The summed E-state index contributed by atoms with van der Waals surface area (Å²) in [5, 5.41) is 0. The first-order valence-electron chi connectivity index (χ1n) is 6.11. The molecular formula is C12H28N2OS. The highest BCUT2D eigenvalue weighted by Crippen LogP contribution is 2.14. The average molecular weight is 248 g/mol. The third-order valence-corrected chi connectivity index (χ3v) is 3.80. The van der Waals surface area contributed by atoms with E-state index >= 15 is 0 Å². The molecule has 0 aromatic carbocycles. The van der Waals surface area contributed by atoms with Gasteiger partial charge in [-0.3, -0.25) is 4.90 Å². The van der Waals surface area contributed by atoms with Crippen LogP contribution in [0.4, 0.5) is 0 Å². The molecule has 0 fully saturated rings. The Labute approximate surface area is 105 Å². The molecule has 0 radical (unpaired) electrons. The van der Waals surface area contributed by atoms with Gasteiger partial charge in [-0.1, -0.05) is 6.92 Å². The molecule has 0 spiro atoms. The van der Waals surface area contributed by atoms with Crippen LogP contribution in [0.25, 0.3) is 0 Å². The van der Waals surface area contributed by atoms with E-state index in [0.29, 0.717) is 12.1 Å². The predicted molar refractivity (Wildman–Crippen MR) is 74.2 cm³/mol. The van der Waals surface area contributed by atoms with Crippen molar-refractivity contribution >= 4 is 11.8 Å². The SMILES string of the molecule is CCC(CSC)N(C)C(CCCN)COC. The first-order valence-corrected chi connectivity index (χ1v) is 7.50. The van der Waals surface area contributed by atoms with E-state index < -0.39 is 0 Å². The molecule has 0 aromatic heterocycles. The average Bonchev–Trinajstić information content (AvgIpc) is 2.30. The smallest absolute Gasteiger partial charge is 0.0618 e. The van der Waals surface area contributed by atoms with Gasteiger partial charge in [0.1, 0.15) is 0 Å². The van der Waals surface area contributed by atoms with Gasteiger partial charge in [0.2, 0.25) is 0 Å². The second-order valence-electron chi connectivity index (χ2n) is 4.22. The van der Waals surface area contributed by atoms with Crippen molar-refractivity contribution in [2.45, 2.75) is 38.3 Å². The minimum Gasteiger partial charge on any atom is -0.383 e. The van der Waals surface area contributed by atoms with E-state index in [1.165, 1.54) is 12.2 Å². The lowest BCUT2D eigenvalue weighted by Crippen LogP contribution is -2.44. The van der Waals surface area contributed by atoms with Crippen LogP contribution in [-0.2, 0) is 4.74 Å². The summed E-state index contributed by atoms with van der Waals surface area (Å²) in [7, 11) is 3.99. The number of methoxy groups -OCH3 is 1. The molecule has 0 bridgehead atoms. The molecule has 0 aliphatic heterocycles. The molecule has 2 atom stereocenters. The van der Waals surface area contributed by atoms with Gasteiger partial charge in [0, 0.05) is 24.9 Å². The van der Waals surface area contributed by atoms with Crippen molar-refractivity contribution in [1.29, 1.82) is 0 Å². The van der Waals surface area contributed by atoms with Crippen LogP contribution >= 0.6 is 11.8 Å². The number of nitrogens with zero attached hydrogens (tertiary/aromatic N) is 1. The number of likely N-dealkylation sites (N-methyl/N-ethyl adjacent to an activating group) is 1. The van der Waals surface area contributed by atoms with Gasteiger partial charge >= 0.3 is 0 Å². The molecule has 0 rings (SSSR count). The summed E-state index contributed by atoms with van der Waals surface area (Å²) < 4.78 is 5.31. The molecule has 0 aliphatic carbocycles. The van der Waals surface area contributed by atoms with E-state index in [1.54, 1.807) is 7.11 Å². The van der Waals surface area contributed by atoms with Crippen molar-refractivity contribution in [3.63, 3.8) is 0 Å². The van der Waals surface area contributed by atoms with Gasteiger partial charge in [-0.05, 0) is 39.1 Å². The molecule has 0 saturated heterocycles. The molecule has 3 nitrogen and oxygen atoms in total. The third kappa shape index (κ3) is 6.09. The topological polar surface area (TPSA) is 38.5 Å². The maximum Gasteiger partial charge on any atom is 0.0618 e. The van der Waals surface area contributed by atoms with Crippen LogP contribution in [0.5, 0.6) is 0 Å². The van der Waals surface area contributed by atoms with Crippen molar-refractivity contribution in [3.8, 4) is 0 Å². The van der Waals surface area contributed by atoms with Gasteiger partial charge in [0.15, 0.2) is 0 Å². The lowest BCUT2D eigenvalue weighted by molar-refractivity contribution is 0.0788. The van der Waals surface area contributed by atoms with Gasteiger partial charge < -0.3 is 10.5 Å². The van der Waals surface area contributed by atoms with Crippen molar-refractivity contribution in [1.82, 2.24) is 4.90 Å². The molecule has 0 aliphatic rings. The molecule has 0 aromatic rings. The molecule has 4 heteroatoms. The fourth-order valence-electron chi connectivity index (χ4n) is 1.96. The standard InChI is InChI=1S/C12H28N2OS/c1-5-11(10-16-4)14(2)12(9-15-3)7-6-8-13/h11-12H,5-10,13H2,1-4H3. The van der Waals surface area contributed by atoms with Crippen LogP contribution in [0.3, 0.4) is 0 Å². The van der Waals surface area contributed by atoms with Gasteiger partial charge in [0.05, 0.1) is 6.61 Å². The largest absolute Gasteiger partial charge is 0.383 e. The molecule has 2 N–H and O–H groups in total. The first kappa shape index (κ1) is 16.2. The van der Waals surface area contributed by atoms with Crippen LogP contribution in [0, 0.1) is 0 Å². The summed E-state index contributed by atoms with van der Waals surface area (Å²) in [5.41, 5.74) is 5.58. The van der Waals surface area contributed by atoms with Gasteiger partial charge in [-0.25, -0.2) is 0 Å². The Morgan fingerprint density at radius 3 is 2.50 bits per heavy atom. The van der Waals surface area contributed by atoms with Crippen molar-refractivity contribution in [2.24, 2.45) is 5.73 Å². The number of nitrogens with two attached hydrogens (primary N) is 1. The van der Waals surface area contributed by atoms with Crippen molar-refractivity contribution in [3.05, 3.63) is 0 Å². The zero-order valence-electron chi connectivity index (χ0n) is 11.2. The van der Waals surface area contributed by atoms with Gasteiger partial charge in [-0.2, -0.15) is 11.8 Å². The van der Waals surface area contributed by atoms with E-state index in [-0.39, 0.29) is 0 Å². The maximum absolute atomic E-state index is 5.58. The third-order valence-electron chi connectivity index (χ3n) is 3.08. The monoisotopic (exact) mass is 248 g/mol. The lowest BCUT2D eigenvalue weighted by atomic mass is 10.1. The zero-order chi connectivity index (χ0) is 12.4. The Hall–Kier alpha value is 0.230. The number of hydrogen-bond acceptors (Lipinski definition) is 4. The van der Waals surface area contributed by atoms with Gasteiger partial charge in [-0.15, -0.1) is 0 Å². The summed E-state index contributed by atoms with van der Waals surface area (Å²) >= 11 is 1.91. The summed E-state index contributed by atoms with van der Waals surface area (Å²) in [6.07, 6.45) is 5.57. The molecule has 0 saturated carbocycles. The van der Waals surface area contributed by atoms with Crippen LogP contribution < -0.4 is 5.73 Å². The zero-order valence-corrected chi connectivity index (χ0v) is 12.1. The first-order chi connectivity index (χ1) is 7.71. The Kier molecular flexibility index (Phi) is 10.5. The minimum atomic E-state index is 0.505. The second kappa shape index (κ2) is 10.4. The summed E-state index contributed by atoms with van der Waals surface area (Å²) in [5.74, 6) is 1.19. The van der Waals surface area contributed by atoms with E-state index in [1.807, 2.05) is 11.8 Å².